The average Bonchev–Trinajstić information content (AvgIpc) is 3.19. The second-order valence-corrected chi connectivity index (χ2v) is 15.8. The first-order chi connectivity index (χ1) is 27.2. The summed E-state index contributed by atoms with van der Waals surface area (Å²) < 4.78 is 0. The zero-order chi connectivity index (χ0) is 40.0. The fourth-order valence-electron chi connectivity index (χ4n) is 6.81. The van der Waals surface area contributed by atoms with E-state index in [2.05, 4.69) is 79.9 Å². The predicted molar refractivity (Wildman–Crippen MR) is 244 cm³/mol. The molecule has 55 heavy (non-hydrogen) atoms. The van der Waals surface area contributed by atoms with Crippen molar-refractivity contribution in [1.29, 1.82) is 0 Å². The van der Waals surface area contributed by atoms with Crippen LogP contribution in [0.5, 0.6) is 0 Å². The zero-order valence-electron chi connectivity index (χ0n) is 36.4. The first-order valence-electron chi connectivity index (χ1n) is 23.7. The van der Waals surface area contributed by atoms with Gasteiger partial charge in [-0.05, 0) is 77.0 Å². The molecule has 0 rings (SSSR count). The van der Waals surface area contributed by atoms with Gasteiger partial charge in [0.15, 0.2) is 0 Å². The van der Waals surface area contributed by atoms with Crippen molar-refractivity contribution in [2.24, 2.45) is 0 Å². The molecule has 1 amide bonds. The van der Waals surface area contributed by atoms with Gasteiger partial charge in [0, 0.05) is 6.42 Å². The molecule has 2 atom stereocenters. The van der Waals surface area contributed by atoms with Gasteiger partial charge in [-0.1, -0.05) is 215 Å². The molecular formula is C51H91NO3. The van der Waals surface area contributed by atoms with Crippen molar-refractivity contribution >= 4 is 5.91 Å². The van der Waals surface area contributed by atoms with Crippen molar-refractivity contribution < 1.29 is 15.0 Å². The molecule has 2 unspecified atom stereocenters. The van der Waals surface area contributed by atoms with Crippen LogP contribution in [0.25, 0.3) is 0 Å². The first kappa shape index (κ1) is 52.8. The summed E-state index contributed by atoms with van der Waals surface area (Å²) in [6.45, 7) is 4.16. The Hall–Kier alpha value is -2.17. The highest BCUT2D eigenvalue weighted by atomic mass is 16.3. The molecule has 3 N–H and O–H groups in total. The number of carbonyl (C=O) groups is 1. The summed E-state index contributed by atoms with van der Waals surface area (Å²) >= 11 is 0. The lowest BCUT2D eigenvalue weighted by Crippen LogP contribution is -2.45. The van der Waals surface area contributed by atoms with Gasteiger partial charge in [-0.3, -0.25) is 4.79 Å². The quantitative estimate of drug-likeness (QED) is 0.0428. The average molecular weight is 766 g/mol. The summed E-state index contributed by atoms with van der Waals surface area (Å²) in [5.41, 5.74) is 0. The summed E-state index contributed by atoms with van der Waals surface area (Å²) in [6, 6.07) is -0.664. The number of amides is 1. The van der Waals surface area contributed by atoms with E-state index in [9.17, 15) is 15.0 Å². The molecule has 0 aromatic carbocycles. The Labute approximate surface area is 342 Å². The van der Waals surface area contributed by atoms with Crippen LogP contribution in [-0.4, -0.2) is 34.9 Å². The highest BCUT2D eigenvalue weighted by molar-refractivity contribution is 5.76. The number of nitrogens with one attached hydrogen (secondary N) is 1. The normalized spacial score (nSPS) is 13.6. The van der Waals surface area contributed by atoms with Crippen molar-refractivity contribution in [2.75, 3.05) is 6.61 Å². The highest BCUT2D eigenvalue weighted by Crippen LogP contribution is 2.15. The molecule has 0 aromatic heterocycles. The van der Waals surface area contributed by atoms with Crippen molar-refractivity contribution in [3.63, 3.8) is 0 Å². The standard InChI is InChI=1S/C51H91NO3/c1-3-5-7-9-11-13-15-17-18-19-20-21-22-23-24-25-26-27-28-29-30-31-32-33-35-36-38-40-42-44-46-50(54)49(48-53)52-51(55)47-45-43-41-39-37-34-16-14-12-10-8-6-4-2/h6,8,12,14,31-32,34,36-38,44,46,49-50,53-54H,3-5,7,9-11,13,15-30,33,35,39-43,45,47-48H2,1-2H3,(H,52,55)/b8-6-,14-12-,32-31+,37-34-,38-36+,46-44+. The molecule has 0 fully saturated rings. The summed E-state index contributed by atoms with van der Waals surface area (Å²) in [7, 11) is 0. The molecule has 0 aliphatic rings. The Morgan fingerprint density at radius 3 is 1.27 bits per heavy atom. The third-order valence-electron chi connectivity index (χ3n) is 10.4. The number of carbonyl (C=O) groups excluding carboxylic acids is 1. The van der Waals surface area contributed by atoms with Gasteiger partial charge >= 0.3 is 0 Å². The van der Waals surface area contributed by atoms with E-state index in [0.29, 0.717) is 6.42 Å². The van der Waals surface area contributed by atoms with Gasteiger partial charge in [0.2, 0.25) is 5.91 Å². The molecule has 318 valence electrons. The molecule has 0 bridgehead atoms. The number of unbranched alkanes of at least 4 members (excludes halogenated alkanes) is 25. The van der Waals surface area contributed by atoms with E-state index in [1.54, 1.807) is 6.08 Å². The SMILES string of the molecule is CC/C=C\C/C=C\C/C=C\CCCCCC(=O)NC(CO)C(O)/C=C/CC/C=C/CC/C=C/CCCCCCCCCCCCCCCCCCCCCC. The predicted octanol–water partition coefficient (Wildman–Crippen LogP) is 15.1. The second kappa shape index (κ2) is 46.2. The largest absolute Gasteiger partial charge is 0.394 e. The Bertz CT molecular complexity index is 961. The third-order valence-corrected chi connectivity index (χ3v) is 10.4. The number of hydrogen-bond donors (Lipinski definition) is 3. The van der Waals surface area contributed by atoms with Gasteiger partial charge in [0.1, 0.15) is 0 Å². The van der Waals surface area contributed by atoms with Crippen LogP contribution in [0.4, 0.5) is 0 Å². The van der Waals surface area contributed by atoms with E-state index in [0.717, 1.165) is 70.6 Å². The molecule has 0 heterocycles. The fourth-order valence-corrected chi connectivity index (χ4v) is 6.81. The van der Waals surface area contributed by atoms with Gasteiger partial charge < -0.3 is 15.5 Å². The van der Waals surface area contributed by atoms with Crippen LogP contribution in [0.1, 0.15) is 226 Å². The maximum absolute atomic E-state index is 12.3. The molecule has 0 spiro atoms. The van der Waals surface area contributed by atoms with Crippen molar-refractivity contribution in [2.45, 2.75) is 238 Å². The molecule has 0 saturated heterocycles. The smallest absolute Gasteiger partial charge is 0.220 e. The lowest BCUT2D eigenvalue weighted by molar-refractivity contribution is -0.123. The lowest BCUT2D eigenvalue weighted by atomic mass is 10.0. The van der Waals surface area contributed by atoms with Crippen molar-refractivity contribution in [3.05, 3.63) is 72.9 Å². The van der Waals surface area contributed by atoms with Crippen LogP contribution in [-0.2, 0) is 4.79 Å². The Morgan fingerprint density at radius 2 is 0.818 bits per heavy atom. The van der Waals surface area contributed by atoms with E-state index < -0.39 is 12.1 Å². The van der Waals surface area contributed by atoms with E-state index >= 15 is 0 Å². The zero-order valence-corrected chi connectivity index (χ0v) is 36.4. The monoisotopic (exact) mass is 766 g/mol. The molecule has 0 saturated carbocycles. The summed E-state index contributed by atoms with van der Waals surface area (Å²) in [5.74, 6) is -0.109. The van der Waals surface area contributed by atoms with Gasteiger partial charge in [-0.2, -0.15) is 0 Å². The maximum Gasteiger partial charge on any atom is 0.220 e. The van der Waals surface area contributed by atoms with Gasteiger partial charge in [-0.25, -0.2) is 0 Å². The fraction of sp³-hybridized carbons (Fsp3) is 0.745. The van der Waals surface area contributed by atoms with Crippen LogP contribution in [0.3, 0.4) is 0 Å². The number of aliphatic hydroxyl groups is 2. The van der Waals surface area contributed by atoms with E-state index in [1.807, 2.05) is 6.08 Å². The number of allylic oxidation sites excluding steroid dienone is 11. The van der Waals surface area contributed by atoms with E-state index in [4.69, 9.17) is 0 Å². The Morgan fingerprint density at radius 1 is 0.455 bits per heavy atom. The molecule has 4 nitrogen and oxygen atoms in total. The minimum atomic E-state index is -0.885. The van der Waals surface area contributed by atoms with Crippen LogP contribution >= 0.6 is 0 Å². The van der Waals surface area contributed by atoms with Gasteiger partial charge in [0.25, 0.3) is 0 Å². The van der Waals surface area contributed by atoms with Crippen LogP contribution in [0.15, 0.2) is 72.9 Å². The molecular weight excluding hydrogens is 675 g/mol. The van der Waals surface area contributed by atoms with Crippen molar-refractivity contribution in [3.8, 4) is 0 Å². The maximum atomic E-state index is 12.3. The minimum absolute atomic E-state index is 0.109. The molecule has 0 aliphatic heterocycles. The van der Waals surface area contributed by atoms with E-state index in [-0.39, 0.29) is 12.5 Å². The topological polar surface area (TPSA) is 69.6 Å². The van der Waals surface area contributed by atoms with Crippen molar-refractivity contribution in [1.82, 2.24) is 5.32 Å². The Kier molecular flexibility index (Phi) is 44.4. The second-order valence-electron chi connectivity index (χ2n) is 15.8. The number of rotatable bonds is 42. The first-order valence-corrected chi connectivity index (χ1v) is 23.7. The van der Waals surface area contributed by atoms with E-state index in [1.165, 1.54) is 135 Å². The summed E-state index contributed by atoms with van der Waals surface area (Å²) in [5, 5.41) is 22.9. The molecule has 0 aliphatic carbocycles. The summed E-state index contributed by atoms with van der Waals surface area (Å²) in [4.78, 5) is 12.3. The van der Waals surface area contributed by atoms with Gasteiger partial charge in [0.05, 0.1) is 18.8 Å². The molecule has 0 radical (unpaired) electrons. The third kappa shape index (κ3) is 42.8. The summed E-state index contributed by atoms with van der Waals surface area (Å²) in [6.07, 6.45) is 66.2. The minimum Gasteiger partial charge on any atom is -0.394 e. The van der Waals surface area contributed by atoms with Crippen LogP contribution in [0.2, 0.25) is 0 Å². The number of hydrogen-bond acceptors (Lipinski definition) is 3. The van der Waals surface area contributed by atoms with Crippen LogP contribution in [0, 0.1) is 0 Å². The van der Waals surface area contributed by atoms with Crippen LogP contribution < -0.4 is 5.32 Å². The highest BCUT2D eigenvalue weighted by Gasteiger charge is 2.17. The Balaban J connectivity index is 3.60. The molecule has 4 heteroatoms. The molecule has 0 aromatic rings. The lowest BCUT2D eigenvalue weighted by Gasteiger charge is -2.19. The van der Waals surface area contributed by atoms with Gasteiger partial charge in [-0.15, -0.1) is 0 Å². The number of aliphatic hydroxyl groups excluding tert-OH is 2.